The molecule has 1 aromatic heterocycles. The smallest absolute Gasteiger partial charge is 0.263 e. The van der Waals surface area contributed by atoms with E-state index in [-0.39, 0.29) is 5.91 Å². The number of H-pyrrole nitrogens is 1. The van der Waals surface area contributed by atoms with Crippen LogP contribution in [0.4, 0.5) is 0 Å². The van der Waals surface area contributed by atoms with Gasteiger partial charge in [-0.05, 0) is 23.8 Å². The van der Waals surface area contributed by atoms with Crippen molar-refractivity contribution in [3.05, 3.63) is 53.1 Å². The van der Waals surface area contributed by atoms with Gasteiger partial charge in [0.25, 0.3) is 5.91 Å². The molecule has 3 rings (SSSR count). The van der Waals surface area contributed by atoms with E-state index in [1.54, 1.807) is 0 Å². The molecular weight excluding hydrogens is 276 g/mol. The molecule has 1 aromatic carbocycles. The Morgan fingerprint density at radius 2 is 1.89 bits per heavy atom. The van der Waals surface area contributed by atoms with Crippen molar-refractivity contribution in [1.82, 2.24) is 10.3 Å². The Bertz CT molecular complexity index is 674. The highest BCUT2D eigenvalue weighted by atomic mass is 32.2. The number of hydrogen-bond acceptors (Lipinski definition) is 3. The molecule has 0 saturated carbocycles. The number of aromatic amines is 1. The van der Waals surface area contributed by atoms with E-state index in [2.05, 4.69) is 10.3 Å². The first-order chi connectivity index (χ1) is 9.22. The Labute approximate surface area is 120 Å². The van der Waals surface area contributed by atoms with Crippen LogP contribution < -0.4 is 5.32 Å². The van der Waals surface area contributed by atoms with Crippen LogP contribution in [0.1, 0.15) is 5.69 Å². The number of nitrogens with one attached hydrogen (secondary N) is 2. The van der Waals surface area contributed by atoms with Crippen LogP contribution >= 0.6 is 24.0 Å². The Morgan fingerprint density at radius 1 is 1.11 bits per heavy atom. The fourth-order valence-electron chi connectivity index (χ4n) is 1.84. The molecule has 1 fully saturated rings. The highest BCUT2D eigenvalue weighted by molar-refractivity contribution is 8.26. The molecule has 1 amide bonds. The predicted octanol–water partition coefficient (Wildman–Crippen LogP) is 3.17. The van der Waals surface area contributed by atoms with Crippen LogP contribution in [0, 0.1) is 0 Å². The quantitative estimate of drug-likeness (QED) is 0.658. The number of thioether (sulfide) groups is 1. The van der Waals surface area contributed by atoms with Gasteiger partial charge in [-0.3, -0.25) is 4.79 Å². The third-order valence-electron chi connectivity index (χ3n) is 2.72. The molecule has 1 aliphatic rings. The van der Waals surface area contributed by atoms with Crippen LogP contribution in [0.15, 0.2) is 47.4 Å². The number of amides is 1. The van der Waals surface area contributed by atoms with Crippen LogP contribution in [0.5, 0.6) is 0 Å². The van der Waals surface area contributed by atoms with Crippen molar-refractivity contribution in [3.8, 4) is 11.3 Å². The van der Waals surface area contributed by atoms with Crippen LogP contribution in [-0.4, -0.2) is 15.2 Å². The second-order valence-corrected chi connectivity index (χ2v) is 5.76. The molecule has 1 saturated heterocycles. The van der Waals surface area contributed by atoms with Crippen molar-refractivity contribution >= 4 is 40.3 Å². The largest absolute Gasteiger partial charge is 0.355 e. The Morgan fingerprint density at radius 3 is 2.58 bits per heavy atom. The zero-order valence-corrected chi connectivity index (χ0v) is 11.5. The SMILES string of the molecule is O=C1NC(=S)S/C1=C\c1ccc(-c2ccccc2)[nH]1. The van der Waals surface area contributed by atoms with E-state index in [4.69, 9.17) is 12.2 Å². The summed E-state index contributed by atoms with van der Waals surface area (Å²) in [4.78, 5) is 15.5. The highest BCUT2D eigenvalue weighted by Gasteiger charge is 2.22. The monoisotopic (exact) mass is 286 g/mol. The van der Waals surface area contributed by atoms with Crippen molar-refractivity contribution in [3.63, 3.8) is 0 Å². The summed E-state index contributed by atoms with van der Waals surface area (Å²) in [6, 6.07) is 14.0. The minimum absolute atomic E-state index is 0.133. The molecule has 0 bridgehead atoms. The number of thiocarbonyl (C=S) groups is 1. The molecule has 5 heteroatoms. The molecule has 3 nitrogen and oxygen atoms in total. The number of rotatable bonds is 2. The van der Waals surface area contributed by atoms with E-state index >= 15 is 0 Å². The number of hydrogen-bond donors (Lipinski definition) is 2. The first kappa shape index (κ1) is 12.2. The highest BCUT2D eigenvalue weighted by Crippen LogP contribution is 2.26. The zero-order valence-electron chi connectivity index (χ0n) is 9.84. The third kappa shape index (κ3) is 2.62. The van der Waals surface area contributed by atoms with Gasteiger partial charge < -0.3 is 10.3 Å². The van der Waals surface area contributed by atoms with Crippen LogP contribution in [0.25, 0.3) is 17.3 Å². The summed E-state index contributed by atoms with van der Waals surface area (Å²) in [5.41, 5.74) is 3.03. The summed E-state index contributed by atoms with van der Waals surface area (Å²) in [5.74, 6) is -0.133. The fourth-order valence-corrected chi connectivity index (χ4v) is 2.88. The fraction of sp³-hybridized carbons (Fsp3) is 0. The molecule has 1 aliphatic heterocycles. The summed E-state index contributed by atoms with van der Waals surface area (Å²) in [6.07, 6.45) is 1.81. The van der Waals surface area contributed by atoms with Gasteiger partial charge in [-0.2, -0.15) is 0 Å². The van der Waals surface area contributed by atoms with E-state index in [1.807, 2.05) is 48.5 Å². The molecule has 0 unspecified atom stereocenters. The lowest BCUT2D eigenvalue weighted by Gasteiger charge is -1.96. The predicted molar refractivity (Wildman–Crippen MR) is 82.5 cm³/mol. The molecule has 0 atom stereocenters. The van der Waals surface area contributed by atoms with E-state index in [1.165, 1.54) is 11.8 Å². The van der Waals surface area contributed by atoms with Gasteiger partial charge in [0.05, 0.1) is 4.91 Å². The maximum atomic E-state index is 11.6. The molecule has 2 N–H and O–H groups in total. The Kier molecular flexibility index (Phi) is 3.23. The Hall–Kier alpha value is -1.85. The first-order valence-corrected chi connectivity index (χ1v) is 6.94. The second kappa shape index (κ2) is 5.03. The average Bonchev–Trinajstić information content (AvgIpc) is 2.99. The van der Waals surface area contributed by atoms with Gasteiger partial charge in [0.1, 0.15) is 4.32 Å². The average molecular weight is 286 g/mol. The van der Waals surface area contributed by atoms with E-state index in [0.29, 0.717) is 9.23 Å². The first-order valence-electron chi connectivity index (χ1n) is 5.72. The maximum Gasteiger partial charge on any atom is 0.263 e. The van der Waals surface area contributed by atoms with Gasteiger partial charge in [0.2, 0.25) is 0 Å². The molecule has 2 heterocycles. The van der Waals surface area contributed by atoms with Gasteiger partial charge in [-0.15, -0.1) is 0 Å². The molecular formula is C14H10N2OS2. The molecule has 94 valence electrons. The van der Waals surface area contributed by atoms with Crippen LogP contribution in [0.3, 0.4) is 0 Å². The minimum atomic E-state index is -0.133. The number of benzene rings is 1. The lowest BCUT2D eigenvalue weighted by molar-refractivity contribution is -0.115. The summed E-state index contributed by atoms with van der Waals surface area (Å²) in [6.45, 7) is 0. The Balaban J connectivity index is 1.89. The van der Waals surface area contributed by atoms with Crippen molar-refractivity contribution in [2.75, 3.05) is 0 Å². The normalized spacial score (nSPS) is 16.9. The van der Waals surface area contributed by atoms with Gasteiger partial charge in [-0.25, -0.2) is 0 Å². The summed E-state index contributed by atoms with van der Waals surface area (Å²) in [7, 11) is 0. The topological polar surface area (TPSA) is 44.9 Å². The zero-order chi connectivity index (χ0) is 13.2. The van der Waals surface area contributed by atoms with E-state index in [0.717, 1.165) is 17.0 Å². The van der Waals surface area contributed by atoms with Crippen molar-refractivity contribution in [2.45, 2.75) is 0 Å². The van der Waals surface area contributed by atoms with Crippen LogP contribution in [0.2, 0.25) is 0 Å². The van der Waals surface area contributed by atoms with Crippen molar-refractivity contribution < 1.29 is 4.79 Å². The third-order valence-corrected chi connectivity index (χ3v) is 3.88. The van der Waals surface area contributed by atoms with Gasteiger partial charge >= 0.3 is 0 Å². The molecule has 2 aromatic rings. The standard InChI is InChI=1S/C14H10N2OS2/c17-13-12(19-14(18)16-13)8-10-6-7-11(15-10)9-4-2-1-3-5-9/h1-8,15H,(H,16,17,18)/b12-8-. The molecule has 19 heavy (non-hydrogen) atoms. The lowest BCUT2D eigenvalue weighted by atomic mass is 10.2. The molecule has 0 aliphatic carbocycles. The second-order valence-electron chi connectivity index (χ2n) is 4.05. The number of carbonyl (C=O) groups excluding carboxylic acids is 1. The van der Waals surface area contributed by atoms with Crippen molar-refractivity contribution in [2.24, 2.45) is 0 Å². The van der Waals surface area contributed by atoms with Crippen LogP contribution in [-0.2, 0) is 4.79 Å². The minimum Gasteiger partial charge on any atom is -0.355 e. The van der Waals surface area contributed by atoms with E-state index in [9.17, 15) is 4.79 Å². The molecule has 0 radical (unpaired) electrons. The number of aromatic nitrogens is 1. The summed E-state index contributed by atoms with van der Waals surface area (Å²) < 4.78 is 0.506. The lowest BCUT2D eigenvalue weighted by Crippen LogP contribution is -2.17. The maximum absolute atomic E-state index is 11.6. The van der Waals surface area contributed by atoms with Gasteiger partial charge in [0, 0.05) is 11.4 Å². The molecule has 0 spiro atoms. The summed E-state index contributed by atoms with van der Waals surface area (Å²) in [5, 5.41) is 2.60. The summed E-state index contributed by atoms with van der Waals surface area (Å²) >= 11 is 6.24. The van der Waals surface area contributed by atoms with Crippen molar-refractivity contribution in [1.29, 1.82) is 0 Å². The number of carbonyl (C=O) groups is 1. The van der Waals surface area contributed by atoms with Gasteiger partial charge in [-0.1, -0.05) is 54.3 Å². The van der Waals surface area contributed by atoms with Gasteiger partial charge in [0.15, 0.2) is 0 Å². The van der Waals surface area contributed by atoms with E-state index < -0.39 is 0 Å².